The molecule has 3 N–H and O–H groups in total. The van der Waals surface area contributed by atoms with Gasteiger partial charge >= 0.3 is 0 Å². The van der Waals surface area contributed by atoms with E-state index in [0.717, 1.165) is 23.4 Å². The Morgan fingerprint density at radius 3 is 2.11 bits per heavy atom. The Hall–Kier alpha value is -2.97. The van der Waals surface area contributed by atoms with Crippen LogP contribution in [0.25, 0.3) is 0 Å². The molecule has 0 radical (unpaired) electrons. The normalized spacial score (nSPS) is 10.9. The van der Waals surface area contributed by atoms with Crippen molar-refractivity contribution >= 4 is 38.7 Å². The van der Waals surface area contributed by atoms with Gasteiger partial charge < -0.3 is 10.6 Å². The van der Waals surface area contributed by atoms with E-state index in [1.54, 1.807) is 24.3 Å². The number of hydrogen-bond donors (Lipinski definition) is 3. The highest BCUT2D eigenvalue weighted by atomic mass is 32.2. The van der Waals surface area contributed by atoms with Crippen LogP contribution in [-0.4, -0.2) is 13.5 Å². The van der Waals surface area contributed by atoms with E-state index in [-0.39, 0.29) is 4.90 Å². The van der Waals surface area contributed by atoms with Crippen molar-refractivity contribution in [3.05, 3.63) is 90.2 Å². The predicted octanol–water partition coefficient (Wildman–Crippen LogP) is 4.11. The van der Waals surface area contributed by atoms with E-state index in [4.69, 9.17) is 12.2 Å². The Kier molecular flexibility index (Phi) is 6.23. The van der Waals surface area contributed by atoms with Gasteiger partial charge in [-0.25, -0.2) is 12.8 Å². The smallest absolute Gasteiger partial charge is 0.261 e. The molecule has 0 fully saturated rings. The van der Waals surface area contributed by atoms with E-state index in [1.165, 1.54) is 12.1 Å². The number of hydrogen-bond acceptors (Lipinski definition) is 3. The fourth-order valence-electron chi connectivity index (χ4n) is 2.40. The number of thiocarbonyl (C=S) groups is 1. The van der Waals surface area contributed by atoms with Gasteiger partial charge in [0.05, 0.1) is 4.90 Å². The fraction of sp³-hybridized carbons (Fsp3) is 0.0500. The van der Waals surface area contributed by atoms with Crippen molar-refractivity contribution in [1.29, 1.82) is 0 Å². The van der Waals surface area contributed by atoms with Crippen LogP contribution in [0.5, 0.6) is 0 Å². The van der Waals surface area contributed by atoms with Crippen LogP contribution in [-0.2, 0) is 16.6 Å². The third-order valence-corrected chi connectivity index (χ3v) is 5.46. The van der Waals surface area contributed by atoms with Gasteiger partial charge in [0.1, 0.15) is 5.82 Å². The summed E-state index contributed by atoms with van der Waals surface area (Å²) in [6, 6.07) is 21.1. The second-order valence-corrected chi connectivity index (χ2v) is 8.02. The van der Waals surface area contributed by atoms with Crippen LogP contribution in [0.1, 0.15) is 5.56 Å². The highest BCUT2D eigenvalue weighted by molar-refractivity contribution is 7.92. The minimum absolute atomic E-state index is 0.0117. The van der Waals surface area contributed by atoms with Gasteiger partial charge in [-0.1, -0.05) is 30.3 Å². The highest BCUT2D eigenvalue weighted by Gasteiger charge is 2.14. The Balaban J connectivity index is 1.57. The molecule has 3 aromatic rings. The molecule has 3 aromatic carbocycles. The Morgan fingerprint density at radius 2 is 1.46 bits per heavy atom. The first-order chi connectivity index (χ1) is 13.4. The minimum atomic E-state index is -3.78. The highest BCUT2D eigenvalue weighted by Crippen LogP contribution is 2.18. The topological polar surface area (TPSA) is 70.2 Å². The van der Waals surface area contributed by atoms with Crippen molar-refractivity contribution in [3.63, 3.8) is 0 Å². The molecule has 144 valence electrons. The predicted molar refractivity (Wildman–Crippen MR) is 113 cm³/mol. The van der Waals surface area contributed by atoms with Crippen molar-refractivity contribution in [2.45, 2.75) is 11.4 Å². The summed E-state index contributed by atoms with van der Waals surface area (Å²) in [6.45, 7) is 0.599. The average molecular weight is 416 g/mol. The molecule has 0 heterocycles. The first-order valence-corrected chi connectivity index (χ1v) is 10.3. The van der Waals surface area contributed by atoms with Crippen LogP contribution in [0.3, 0.4) is 0 Å². The van der Waals surface area contributed by atoms with Gasteiger partial charge in [0, 0.05) is 17.9 Å². The van der Waals surface area contributed by atoms with E-state index >= 15 is 0 Å². The van der Waals surface area contributed by atoms with Crippen LogP contribution < -0.4 is 15.4 Å². The molecule has 5 nitrogen and oxygen atoms in total. The van der Waals surface area contributed by atoms with Crippen molar-refractivity contribution in [2.75, 3.05) is 10.0 Å². The zero-order valence-corrected chi connectivity index (χ0v) is 16.4. The third-order valence-electron chi connectivity index (χ3n) is 3.81. The van der Waals surface area contributed by atoms with Crippen LogP contribution in [0.2, 0.25) is 0 Å². The van der Waals surface area contributed by atoms with Gasteiger partial charge in [0.25, 0.3) is 10.0 Å². The minimum Gasteiger partial charge on any atom is -0.358 e. The van der Waals surface area contributed by atoms with Crippen LogP contribution >= 0.6 is 12.2 Å². The quantitative estimate of drug-likeness (QED) is 0.529. The molecule has 0 saturated heterocycles. The van der Waals surface area contributed by atoms with E-state index < -0.39 is 15.8 Å². The molecule has 0 aromatic heterocycles. The summed E-state index contributed by atoms with van der Waals surface area (Å²) in [7, 11) is -3.78. The number of rotatable bonds is 6. The molecule has 8 heteroatoms. The molecule has 3 rings (SSSR count). The van der Waals surface area contributed by atoms with E-state index in [1.807, 2.05) is 30.3 Å². The lowest BCUT2D eigenvalue weighted by molar-refractivity contribution is 0.599. The monoisotopic (exact) mass is 415 g/mol. The second kappa shape index (κ2) is 8.81. The molecule has 0 atom stereocenters. The average Bonchev–Trinajstić information content (AvgIpc) is 2.69. The molecule has 0 aliphatic heterocycles. The van der Waals surface area contributed by atoms with E-state index in [9.17, 15) is 12.8 Å². The summed E-state index contributed by atoms with van der Waals surface area (Å²) in [4.78, 5) is -0.0117. The lowest BCUT2D eigenvalue weighted by Gasteiger charge is -2.12. The summed E-state index contributed by atoms with van der Waals surface area (Å²) in [6.07, 6.45) is 0. The molecule has 0 amide bonds. The van der Waals surface area contributed by atoms with Crippen molar-refractivity contribution in [1.82, 2.24) is 5.32 Å². The zero-order chi connectivity index (χ0) is 20.0. The van der Waals surface area contributed by atoms with Crippen molar-refractivity contribution in [2.24, 2.45) is 0 Å². The molecule has 0 aliphatic rings. The maximum atomic E-state index is 13.0. The summed E-state index contributed by atoms with van der Waals surface area (Å²) in [5.74, 6) is -0.494. The summed E-state index contributed by atoms with van der Waals surface area (Å²) in [5.41, 5.74) is 2.21. The molecule has 0 unspecified atom stereocenters. The largest absolute Gasteiger partial charge is 0.358 e. The first kappa shape index (κ1) is 19.8. The Labute approximate surface area is 168 Å². The molecule has 28 heavy (non-hydrogen) atoms. The van der Waals surface area contributed by atoms with Gasteiger partial charge in [-0.2, -0.15) is 0 Å². The van der Waals surface area contributed by atoms with E-state index in [0.29, 0.717) is 17.3 Å². The van der Waals surface area contributed by atoms with Crippen LogP contribution in [0, 0.1) is 5.82 Å². The van der Waals surface area contributed by atoms with Crippen molar-refractivity contribution < 1.29 is 12.8 Å². The maximum absolute atomic E-state index is 13.0. The number of halogens is 1. The first-order valence-electron chi connectivity index (χ1n) is 8.40. The fourth-order valence-corrected chi connectivity index (χ4v) is 3.65. The van der Waals surface area contributed by atoms with Crippen LogP contribution in [0.4, 0.5) is 15.8 Å². The molecule has 0 saturated carbocycles. The van der Waals surface area contributed by atoms with Gasteiger partial charge in [-0.15, -0.1) is 0 Å². The zero-order valence-electron chi connectivity index (χ0n) is 14.7. The van der Waals surface area contributed by atoms with Crippen LogP contribution in [0.15, 0.2) is 83.8 Å². The molecular weight excluding hydrogens is 397 g/mol. The summed E-state index contributed by atoms with van der Waals surface area (Å²) in [5, 5.41) is 6.61. The lowest BCUT2D eigenvalue weighted by Crippen LogP contribution is -2.27. The Bertz CT molecular complexity index is 1040. The second-order valence-electron chi connectivity index (χ2n) is 5.93. The van der Waals surface area contributed by atoms with Gasteiger partial charge in [0.15, 0.2) is 5.11 Å². The van der Waals surface area contributed by atoms with E-state index in [2.05, 4.69) is 15.4 Å². The van der Waals surface area contributed by atoms with Gasteiger partial charge in [0.2, 0.25) is 0 Å². The molecule has 0 bridgehead atoms. The van der Waals surface area contributed by atoms with Crippen molar-refractivity contribution in [3.8, 4) is 0 Å². The van der Waals surface area contributed by atoms with Gasteiger partial charge in [-0.05, 0) is 66.3 Å². The number of anilines is 2. The number of benzene rings is 3. The van der Waals surface area contributed by atoms with Gasteiger partial charge in [-0.3, -0.25) is 4.72 Å². The number of nitrogens with one attached hydrogen (secondary N) is 3. The SMILES string of the molecule is O=S(=O)(Nc1ccc(NC(=S)NCc2ccccc2)cc1)c1ccc(F)cc1. The summed E-state index contributed by atoms with van der Waals surface area (Å²) >= 11 is 5.27. The summed E-state index contributed by atoms with van der Waals surface area (Å²) < 4.78 is 40.0. The Morgan fingerprint density at radius 1 is 0.857 bits per heavy atom. The maximum Gasteiger partial charge on any atom is 0.261 e. The molecular formula is C20H18FN3O2S2. The molecule has 0 spiro atoms. The standard InChI is InChI=1S/C20H18FN3O2S2/c21-16-6-12-19(13-7-16)28(25,26)24-18-10-8-17(9-11-18)23-20(27)22-14-15-4-2-1-3-5-15/h1-13,24H,14H2,(H2,22,23,27). The number of sulfonamides is 1. The third kappa shape index (κ3) is 5.51. The molecule has 0 aliphatic carbocycles. The lowest BCUT2D eigenvalue weighted by atomic mass is 10.2.